The number of thioether (sulfide) groups is 1. The predicted molar refractivity (Wildman–Crippen MR) is 99.7 cm³/mol. The molecule has 0 bridgehead atoms. The van der Waals surface area contributed by atoms with Crippen molar-refractivity contribution in [3.63, 3.8) is 0 Å². The largest absolute Gasteiger partial charge is 0.354 e. The van der Waals surface area contributed by atoms with Crippen molar-refractivity contribution in [1.82, 2.24) is 9.47 Å². The molecule has 0 saturated carbocycles. The third-order valence-electron chi connectivity index (χ3n) is 4.09. The number of benzene rings is 1. The van der Waals surface area contributed by atoms with Crippen LogP contribution >= 0.6 is 11.8 Å². The van der Waals surface area contributed by atoms with Gasteiger partial charge in [-0.3, -0.25) is 9.59 Å². The first-order chi connectivity index (χ1) is 11.3. The molecule has 0 fully saturated rings. The van der Waals surface area contributed by atoms with Gasteiger partial charge in [0.1, 0.15) is 5.56 Å². The molecule has 0 aliphatic carbocycles. The number of carbonyl (C=O) groups is 1. The molecule has 5 heteroatoms. The molecule has 0 aliphatic heterocycles. The highest BCUT2D eigenvalue weighted by atomic mass is 32.2. The minimum absolute atomic E-state index is 0.00134. The first-order valence-corrected chi connectivity index (χ1v) is 9.17. The molecule has 0 atom stereocenters. The van der Waals surface area contributed by atoms with Gasteiger partial charge in [-0.05, 0) is 44.7 Å². The number of hydrogen-bond donors (Lipinski definition) is 0. The topological polar surface area (TPSA) is 42.3 Å². The van der Waals surface area contributed by atoms with E-state index in [2.05, 4.69) is 6.07 Å². The molecule has 1 amide bonds. The standard InChI is InChI=1S/C19H24N2O2S/c1-13(2)21(11-15-7-6-8-16(10-15)24-5)19(23)17-12-20(4)14(3)9-18(17)22/h6-10,12-13H,11H2,1-5H3. The Labute approximate surface area is 147 Å². The fourth-order valence-electron chi connectivity index (χ4n) is 2.50. The summed E-state index contributed by atoms with van der Waals surface area (Å²) < 4.78 is 1.81. The third-order valence-corrected chi connectivity index (χ3v) is 4.81. The van der Waals surface area contributed by atoms with E-state index in [9.17, 15) is 9.59 Å². The number of carbonyl (C=O) groups excluding carboxylic acids is 1. The Morgan fingerprint density at radius 3 is 2.62 bits per heavy atom. The lowest BCUT2D eigenvalue weighted by Gasteiger charge is -2.27. The van der Waals surface area contributed by atoms with Gasteiger partial charge in [0, 0.05) is 42.5 Å². The quantitative estimate of drug-likeness (QED) is 0.780. The van der Waals surface area contributed by atoms with E-state index in [1.807, 2.05) is 56.8 Å². The Morgan fingerprint density at radius 2 is 2.00 bits per heavy atom. The highest BCUT2D eigenvalue weighted by molar-refractivity contribution is 7.98. The average molecular weight is 344 g/mol. The summed E-state index contributed by atoms with van der Waals surface area (Å²) in [5.41, 5.74) is 1.89. The zero-order chi connectivity index (χ0) is 17.9. The number of rotatable bonds is 5. The molecular formula is C19H24N2O2S. The van der Waals surface area contributed by atoms with Gasteiger partial charge in [0.2, 0.25) is 0 Å². The number of amides is 1. The van der Waals surface area contributed by atoms with Crippen molar-refractivity contribution in [3.8, 4) is 0 Å². The highest BCUT2D eigenvalue weighted by Gasteiger charge is 2.22. The van der Waals surface area contributed by atoms with Gasteiger partial charge < -0.3 is 9.47 Å². The number of pyridine rings is 1. The Morgan fingerprint density at radius 1 is 1.29 bits per heavy atom. The van der Waals surface area contributed by atoms with Gasteiger partial charge in [0.05, 0.1) is 0 Å². The van der Waals surface area contributed by atoms with Gasteiger partial charge in [0.15, 0.2) is 5.43 Å². The van der Waals surface area contributed by atoms with Crippen molar-refractivity contribution in [2.75, 3.05) is 6.26 Å². The Balaban J connectivity index is 2.35. The van der Waals surface area contributed by atoms with Crippen LogP contribution < -0.4 is 5.43 Å². The summed E-state index contributed by atoms with van der Waals surface area (Å²) in [5, 5.41) is 0. The lowest BCUT2D eigenvalue weighted by Crippen LogP contribution is -2.39. The molecule has 1 aromatic heterocycles. The van der Waals surface area contributed by atoms with Crippen LogP contribution in [0.5, 0.6) is 0 Å². The Hall–Kier alpha value is -2.01. The fourth-order valence-corrected chi connectivity index (χ4v) is 2.98. The molecule has 0 radical (unpaired) electrons. The summed E-state index contributed by atoms with van der Waals surface area (Å²) in [5.74, 6) is -0.222. The molecular weight excluding hydrogens is 320 g/mol. The summed E-state index contributed by atoms with van der Waals surface area (Å²) in [6, 6.07) is 9.65. The van der Waals surface area contributed by atoms with E-state index in [1.165, 1.54) is 6.07 Å². The van der Waals surface area contributed by atoms with Crippen LogP contribution in [0, 0.1) is 6.92 Å². The van der Waals surface area contributed by atoms with E-state index in [-0.39, 0.29) is 22.9 Å². The predicted octanol–water partition coefficient (Wildman–Crippen LogP) is 3.47. The second-order valence-corrected chi connectivity index (χ2v) is 7.06. The lowest BCUT2D eigenvalue weighted by molar-refractivity contribution is 0.0688. The van der Waals surface area contributed by atoms with Crippen LogP contribution in [0.2, 0.25) is 0 Å². The number of hydrogen-bond acceptors (Lipinski definition) is 3. The molecule has 1 heterocycles. The Kier molecular flexibility index (Phi) is 5.89. The molecule has 24 heavy (non-hydrogen) atoms. The monoisotopic (exact) mass is 344 g/mol. The zero-order valence-corrected chi connectivity index (χ0v) is 15.7. The molecule has 0 spiro atoms. The van der Waals surface area contributed by atoms with E-state index in [4.69, 9.17) is 0 Å². The maximum atomic E-state index is 12.9. The van der Waals surface area contributed by atoms with Crippen LogP contribution in [0.4, 0.5) is 0 Å². The van der Waals surface area contributed by atoms with Crippen molar-refractivity contribution in [3.05, 3.63) is 63.6 Å². The minimum atomic E-state index is -0.223. The average Bonchev–Trinajstić information content (AvgIpc) is 2.55. The summed E-state index contributed by atoms with van der Waals surface area (Å²) in [6.07, 6.45) is 3.66. The van der Waals surface area contributed by atoms with Gasteiger partial charge in [0.25, 0.3) is 5.91 Å². The molecule has 0 saturated heterocycles. The van der Waals surface area contributed by atoms with E-state index in [0.717, 1.165) is 16.2 Å². The van der Waals surface area contributed by atoms with E-state index in [1.54, 1.807) is 22.9 Å². The van der Waals surface area contributed by atoms with Crippen molar-refractivity contribution >= 4 is 17.7 Å². The third kappa shape index (κ3) is 4.09. The molecule has 0 N–H and O–H groups in total. The first-order valence-electron chi connectivity index (χ1n) is 7.94. The van der Waals surface area contributed by atoms with E-state index in [0.29, 0.717) is 6.54 Å². The van der Waals surface area contributed by atoms with Crippen molar-refractivity contribution in [1.29, 1.82) is 0 Å². The molecule has 1 aromatic carbocycles. The van der Waals surface area contributed by atoms with Gasteiger partial charge in [-0.25, -0.2) is 0 Å². The van der Waals surface area contributed by atoms with Crippen molar-refractivity contribution in [2.24, 2.45) is 7.05 Å². The number of nitrogens with zero attached hydrogens (tertiary/aromatic N) is 2. The Bertz CT molecular complexity index is 796. The maximum Gasteiger partial charge on any atom is 0.259 e. The smallest absolute Gasteiger partial charge is 0.259 e. The highest BCUT2D eigenvalue weighted by Crippen LogP contribution is 2.18. The molecule has 0 unspecified atom stereocenters. The number of aryl methyl sites for hydroxylation is 2. The van der Waals surface area contributed by atoms with Crippen LogP contribution in [-0.4, -0.2) is 27.7 Å². The second-order valence-electron chi connectivity index (χ2n) is 6.18. The van der Waals surface area contributed by atoms with Crippen LogP contribution in [0.3, 0.4) is 0 Å². The lowest BCUT2D eigenvalue weighted by atomic mass is 10.1. The van der Waals surface area contributed by atoms with E-state index >= 15 is 0 Å². The van der Waals surface area contributed by atoms with Crippen LogP contribution in [-0.2, 0) is 13.6 Å². The van der Waals surface area contributed by atoms with Crippen LogP contribution in [0.1, 0.15) is 35.5 Å². The molecule has 2 rings (SSSR count). The summed E-state index contributed by atoms with van der Waals surface area (Å²) in [4.78, 5) is 28.1. The fraction of sp³-hybridized carbons (Fsp3) is 0.368. The maximum absolute atomic E-state index is 12.9. The van der Waals surface area contributed by atoms with Crippen molar-refractivity contribution < 1.29 is 4.79 Å². The van der Waals surface area contributed by atoms with Gasteiger partial charge in [-0.2, -0.15) is 0 Å². The second kappa shape index (κ2) is 7.71. The summed E-state index contributed by atoms with van der Waals surface area (Å²) >= 11 is 1.67. The first kappa shape index (κ1) is 18.3. The van der Waals surface area contributed by atoms with Crippen LogP contribution in [0.15, 0.2) is 46.2 Å². The molecule has 2 aromatic rings. The SMILES string of the molecule is CSc1cccc(CN(C(=O)c2cn(C)c(C)cc2=O)C(C)C)c1. The van der Waals surface area contributed by atoms with Gasteiger partial charge >= 0.3 is 0 Å². The molecule has 0 aliphatic rings. The van der Waals surface area contributed by atoms with Gasteiger partial charge in [-0.1, -0.05) is 12.1 Å². The van der Waals surface area contributed by atoms with E-state index < -0.39 is 0 Å². The normalized spacial score (nSPS) is 10.9. The zero-order valence-electron chi connectivity index (χ0n) is 14.9. The number of aromatic nitrogens is 1. The molecule has 128 valence electrons. The van der Waals surface area contributed by atoms with Gasteiger partial charge in [-0.15, -0.1) is 11.8 Å². The summed E-state index contributed by atoms with van der Waals surface area (Å²) in [7, 11) is 1.84. The molecule has 4 nitrogen and oxygen atoms in total. The van der Waals surface area contributed by atoms with Crippen molar-refractivity contribution in [2.45, 2.75) is 38.3 Å². The van der Waals surface area contributed by atoms with Crippen LogP contribution in [0.25, 0.3) is 0 Å². The summed E-state index contributed by atoms with van der Waals surface area (Å²) in [6.45, 7) is 6.27. The minimum Gasteiger partial charge on any atom is -0.354 e.